The van der Waals surface area contributed by atoms with Crippen LogP contribution in [-0.4, -0.2) is 31.0 Å². The highest BCUT2D eigenvalue weighted by molar-refractivity contribution is 14.0. The number of hydrogen-bond acceptors (Lipinski definition) is 3. The minimum absolute atomic E-state index is 0. The number of piperidine rings is 1. The van der Waals surface area contributed by atoms with Crippen LogP contribution in [0.2, 0.25) is 0 Å². The van der Waals surface area contributed by atoms with Crippen LogP contribution < -0.4 is 10.6 Å². The van der Waals surface area contributed by atoms with Gasteiger partial charge in [0.1, 0.15) is 0 Å². The summed E-state index contributed by atoms with van der Waals surface area (Å²) >= 11 is 1.79. The molecular formula is C21H31IN4S. The first kappa shape index (κ1) is 22.2. The molecule has 1 aliphatic heterocycles. The topological polar surface area (TPSA) is 39.7 Å². The average Bonchev–Trinajstić information content (AvgIpc) is 3.09. The Balaban J connectivity index is 0.00000261. The van der Waals surface area contributed by atoms with E-state index < -0.39 is 0 Å². The van der Waals surface area contributed by atoms with Gasteiger partial charge in [-0.25, -0.2) is 0 Å². The summed E-state index contributed by atoms with van der Waals surface area (Å²) in [6.07, 6.45) is 4.05. The lowest BCUT2D eigenvalue weighted by Crippen LogP contribution is -2.36. The number of aliphatic imine (C=N–C) groups is 1. The average molecular weight is 498 g/mol. The molecule has 1 aliphatic rings. The van der Waals surface area contributed by atoms with E-state index in [1.807, 2.05) is 7.05 Å². The summed E-state index contributed by atoms with van der Waals surface area (Å²) < 4.78 is 0. The van der Waals surface area contributed by atoms with Gasteiger partial charge in [0.2, 0.25) is 0 Å². The molecule has 1 aromatic heterocycles. The van der Waals surface area contributed by atoms with Crippen molar-refractivity contribution in [3.05, 3.63) is 57.3 Å². The van der Waals surface area contributed by atoms with Crippen LogP contribution in [0.1, 0.15) is 40.8 Å². The largest absolute Gasteiger partial charge is 0.352 e. The van der Waals surface area contributed by atoms with Gasteiger partial charge >= 0.3 is 0 Å². The first-order chi connectivity index (χ1) is 12.8. The predicted octanol–water partition coefficient (Wildman–Crippen LogP) is 4.53. The molecule has 0 amide bonds. The fourth-order valence-corrected chi connectivity index (χ4v) is 4.24. The van der Waals surface area contributed by atoms with Crippen LogP contribution in [-0.2, 0) is 19.6 Å². The standard InChI is InChI=1S/C21H30N4S.HI/c1-17-10-13-26-20(17)15-24-21(22-2)23-14-18-8-4-5-9-19(18)16-25-11-6-3-7-12-25;/h4-5,8-10,13H,3,6-7,11-12,14-16H2,1-2H3,(H2,22,23,24);1H. The van der Waals surface area contributed by atoms with Crippen molar-refractivity contribution in [2.75, 3.05) is 20.1 Å². The Morgan fingerprint density at radius 2 is 1.74 bits per heavy atom. The Morgan fingerprint density at radius 3 is 2.41 bits per heavy atom. The highest BCUT2D eigenvalue weighted by Crippen LogP contribution is 2.16. The monoisotopic (exact) mass is 498 g/mol. The van der Waals surface area contributed by atoms with Crippen molar-refractivity contribution in [2.45, 2.75) is 45.8 Å². The lowest BCUT2D eigenvalue weighted by Gasteiger charge is -2.27. The molecule has 2 N–H and O–H groups in total. The molecule has 0 bridgehead atoms. The van der Waals surface area contributed by atoms with Crippen LogP contribution in [0.5, 0.6) is 0 Å². The van der Waals surface area contributed by atoms with E-state index in [-0.39, 0.29) is 24.0 Å². The fraction of sp³-hybridized carbons (Fsp3) is 0.476. The minimum Gasteiger partial charge on any atom is -0.352 e. The first-order valence-corrected chi connectivity index (χ1v) is 10.4. The third-order valence-electron chi connectivity index (χ3n) is 5.02. The summed E-state index contributed by atoms with van der Waals surface area (Å²) in [5, 5.41) is 9.03. The molecule has 0 unspecified atom stereocenters. The summed E-state index contributed by atoms with van der Waals surface area (Å²) in [5.41, 5.74) is 4.12. The molecule has 1 fully saturated rings. The van der Waals surface area contributed by atoms with Crippen molar-refractivity contribution in [1.82, 2.24) is 15.5 Å². The number of nitrogens with one attached hydrogen (secondary N) is 2. The van der Waals surface area contributed by atoms with E-state index in [4.69, 9.17) is 0 Å². The SMILES string of the molecule is CN=C(NCc1ccccc1CN1CCCCC1)NCc1sccc1C.I. The van der Waals surface area contributed by atoms with Gasteiger partial charge in [0.15, 0.2) is 5.96 Å². The Labute approximate surface area is 184 Å². The van der Waals surface area contributed by atoms with Gasteiger partial charge in [0.25, 0.3) is 0 Å². The lowest BCUT2D eigenvalue weighted by atomic mass is 10.0. The lowest BCUT2D eigenvalue weighted by molar-refractivity contribution is 0.220. The van der Waals surface area contributed by atoms with E-state index in [0.717, 1.165) is 25.6 Å². The third kappa shape index (κ3) is 6.76. The molecule has 2 aromatic rings. The molecule has 1 aromatic carbocycles. The smallest absolute Gasteiger partial charge is 0.191 e. The Hall–Kier alpha value is -1.12. The van der Waals surface area contributed by atoms with E-state index in [2.05, 4.69) is 63.2 Å². The van der Waals surface area contributed by atoms with Crippen molar-refractivity contribution >= 4 is 41.3 Å². The molecule has 6 heteroatoms. The van der Waals surface area contributed by atoms with Crippen molar-refractivity contribution < 1.29 is 0 Å². The quantitative estimate of drug-likeness (QED) is 0.350. The zero-order valence-corrected chi connectivity index (χ0v) is 19.5. The van der Waals surface area contributed by atoms with E-state index in [9.17, 15) is 0 Å². The number of rotatable bonds is 6. The number of aryl methyl sites for hydroxylation is 1. The molecular weight excluding hydrogens is 467 g/mol. The Morgan fingerprint density at radius 1 is 1.04 bits per heavy atom. The van der Waals surface area contributed by atoms with E-state index in [0.29, 0.717) is 0 Å². The van der Waals surface area contributed by atoms with Crippen LogP contribution in [0.3, 0.4) is 0 Å². The number of likely N-dealkylation sites (tertiary alicyclic amines) is 1. The van der Waals surface area contributed by atoms with Crippen molar-refractivity contribution in [2.24, 2.45) is 4.99 Å². The minimum atomic E-state index is 0. The maximum absolute atomic E-state index is 4.37. The maximum Gasteiger partial charge on any atom is 0.191 e. The summed E-state index contributed by atoms with van der Waals surface area (Å²) in [6.45, 7) is 7.28. The first-order valence-electron chi connectivity index (χ1n) is 9.53. The maximum atomic E-state index is 4.37. The van der Waals surface area contributed by atoms with Gasteiger partial charge in [-0.05, 0) is 61.0 Å². The zero-order valence-electron chi connectivity index (χ0n) is 16.3. The summed E-state index contributed by atoms with van der Waals surface area (Å²) in [7, 11) is 1.83. The Kier molecular flexibility index (Phi) is 9.58. The van der Waals surface area contributed by atoms with Crippen molar-refractivity contribution in [3.63, 3.8) is 0 Å². The molecule has 0 aliphatic carbocycles. The number of nitrogens with zero attached hydrogens (tertiary/aromatic N) is 2. The molecule has 27 heavy (non-hydrogen) atoms. The predicted molar refractivity (Wildman–Crippen MR) is 127 cm³/mol. The Bertz CT molecular complexity index is 722. The normalized spacial score (nSPS) is 15.3. The second kappa shape index (κ2) is 11.7. The van der Waals surface area contributed by atoms with E-state index in [1.165, 1.54) is 53.9 Å². The number of thiophene rings is 1. The van der Waals surface area contributed by atoms with E-state index in [1.54, 1.807) is 11.3 Å². The molecule has 2 heterocycles. The molecule has 1 saturated heterocycles. The van der Waals surface area contributed by atoms with Crippen LogP contribution in [0.25, 0.3) is 0 Å². The summed E-state index contributed by atoms with van der Waals surface area (Å²) in [5.74, 6) is 0.852. The van der Waals surface area contributed by atoms with Gasteiger partial charge in [0.05, 0.1) is 6.54 Å². The summed E-state index contributed by atoms with van der Waals surface area (Å²) in [6, 6.07) is 10.9. The number of hydrogen-bond donors (Lipinski definition) is 2. The fourth-order valence-electron chi connectivity index (χ4n) is 3.39. The molecule has 0 saturated carbocycles. The van der Waals surface area contributed by atoms with E-state index >= 15 is 0 Å². The third-order valence-corrected chi connectivity index (χ3v) is 6.04. The van der Waals surface area contributed by atoms with Gasteiger partial charge in [0, 0.05) is 25.0 Å². The number of guanidine groups is 1. The van der Waals surface area contributed by atoms with Crippen LogP contribution >= 0.6 is 35.3 Å². The van der Waals surface area contributed by atoms with Crippen molar-refractivity contribution in [1.29, 1.82) is 0 Å². The second-order valence-electron chi connectivity index (χ2n) is 6.91. The molecule has 3 rings (SSSR count). The van der Waals surface area contributed by atoms with Gasteiger partial charge in [-0.15, -0.1) is 35.3 Å². The van der Waals surface area contributed by atoms with Gasteiger partial charge in [-0.2, -0.15) is 0 Å². The zero-order chi connectivity index (χ0) is 18.2. The molecule has 0 spiro atoms. The van der Waals surface area contributed by atoms with Crippen LogP contribution in [0.4, 0.5) is 0 Å². The molecule has 148 valence electrons. The second-order valence-corrected chi connectivity index (χ2v) is 7.91. The molecule has 0 radical (unpaired) electrons. The van der Waals surface area contributed by atoms with Gasteiger partial charge in [-0.1, -0.05) is 30.7 Å². The van der Waals surface area contributed by atoms with Gasteiger partial charge < -0.3 is 10.6 Å². The number of benzene rings is 1. The van der Waals surface area contributed by atoms with Crippen LogP contribution in [0.15, 0.2) is 40.7 Å². The molecule has 0 atom stereocenters. The van der Waals surface area contributed by atoms with Crippen LogP contribution in [0, 0.1) is 6.92 Å². The highest BCUT2D eigenvalue weighted by atomic mass is 127. The van der Waals surface area contributed by atoms with Crippen molar-refractivity contribution in [3.8, 4) is 0 Å². The molecule has 4 nitrogen and oxygen atoms in total. The highest BCUT2D eigenvalue weighted by Gasteiger charge is 2.12. The van der Waals surface area contributed by atoms with Gasteiger partial charge in [-0.3, -0.25) is 9.89 Å². The summed E-state index contributed by atoms with van der Waals surface area (Å²) in [4.78, 5) is 8.30. The number of halogens is 1.